The molecule has 0 saturated carbocycles. The van der Waals surface area contributed by atoms with Gasteiger partial charge >= 0.3 is 0 Å². The second-order valence-electron chi connectivity index (χ2n) is 2.45. The van der Waals surface area contributed by atoms with Crippen LogP contribution >= 0.6 is 0 Å². The van der Waals surface area contributed by atoms with Crippen molar-refractivity contribution in [1.29, 1.82) is 0 Å². The molecule has 0 aliphatic rings. The van der Waals surface area contributed by atoms with Crippen LogP contribution in [0.15, 0.2) is 17.1 Å². The molecule has 1 heterocycles. The SMILES string of the molecule is COc1c(C)ccn(C)c1=O. The summed E-state index contributed by atoms with van der Waals surface area (Å²) in [4.78, 5) is 11.3. The highest BCUT2D eigenvalue weighted by atomic mass is 16.5. The van der Waals surface area contributed by atoms with Crippen molar-refractivity contribution in [2.24, 2.45) is 7.05 Å². The Kier molecular flexibility index (Phi) is 1.98. The highest BCUT2D eigenvalue weighted by Crippen LogP contribution is 2.08. The predicted octanol–water partition coefficient (Wildman–Crippen LogP) is 0.702. The fourth-order valence-corrected chi connectivity index (χ4v) is 0.944. The zero-order chi connectivity index (χ0) is 8.43. The third-order valence-electron chi connectivity index (χ3n) is 1.63. The van der Waals surface area contributed by atoms with E-state index < -0.39 is 0 Å². The lowest BCUT2D eigenvalue weighted by Crippen LogP contribution is -2.18. The number of rotatable bonds is 1. The maximum absolute atomic E-state index is 11.3. The molecule has 1 rings (SSSR count). The summed E-state index contributed by atoms with van der Waals surface area (Å²) in [6.45, 7) is 1.85. The Hall–Kier alpha value is -1.25. The van der Waals surface area contributed by atoms with Crippen LogP contribution in [0.2, 0.25) is 0 Å². The van der Waals surface area contributed by atoms with Gasteiger partial charge in [0.2, 0.25) is 0 Å². The minimum atomic E-state index is -0.0903. The van der Waals surface area contributed by atoms with Crippen molar-refractivity contribution in [3.8, 4) is 5.75 Å². The van der Waals surface area contributed by atoms with Gasteiger partial charge < -0.3 is 9.30 Å². The van der Waals surface area contributed by atoms with Gasteiger partial charge in [-0.1, -0.05) is 0 Å². The maximum Gasteiger partial charge on any atom is 0.292 e. The summed E-state index contributed by atoms with van der Waals surface area (Å²) in [6.07, 6.45) is 1.72. The van der Waals surface area contributed by atoms with Crippen molar-refractivity contribution < 1.29 is 4.74 Å². The van der Waals surface area contributed by atoms with Gasteiger partial charge in [0.05, 0.1) is 7.11 Å². The fraction of sp³-hybridized carbons (Fsp3) is 0.375. The van der Waals surface area contributed by atoms with Crippen LogP contribution in [0, 0.1) is 6.92 Å². The first kappa shape index (κ1) is 7.85. The highest BCUT2D eigenvalue weighted by molar-refractivity contribution is 5.28. The molecule has 0 atom stereocenters. The van der Waals surface area contributed by atoms with Gasteiger partial charge in [-0.15, -0.1) is 0 Å². The number of hydrogen-bond donors (Lipinski definition) is 0. The average Bonchev–Trinajstić information content (AvgIpc) is 1.99. The van der Waals surface area contributed by atoms with E-state index in [9.17, 15) is 4.79 Å². The van der Waals surface area contributed by atoms with E-state index in [-0.39, 0.29) is 5.56 Å². The summed E-state index contributed by atoms with van der Waals surface area (Å²) in [7, 11) is 3.20. The van der Waals surface area contributed by atoms with E-state index in [1.165, 1.54) is 11.7 Å². The molecular formula is C8H11NO2. The van der Waals surface area contributed by atoms with Gasteiger partial charge in [-0.2, -0.15) is 0 Å². The predicted molar refractivity (Wildman–Crippen MR) is 43.0 cm³/mol. The Morgan fingerprint density at radius 3 is 2.64 bits per heavy atom. The normalized spacial score (nSPS) is 9.73. The first-order valence-electron chi connectivity index (χ1n) is 3.37. The van der Waals surface area contributed by atoms with Crippen molar-refractivity contribution in [3.05, 3.63) is 28.2 Å². The minimum absolute atomic E-state index is 0.0903. The van der Waals surface area contributed by atoms with Gasteiger partial charge in [0.25, 0.3) is 5.56 Å². The molecule has 0 bridgehead atoms. The van der Waals surface area contributed by atoms with Crippen molar-refractivity contribution in [2.45, 2.75) is 6.92 Å². The average molecular weight is 153 g/mol. The van der Waals surface area contributed by atoms with Crippen molar-refractivity contribution in [3.63, 3.8) is 0 Å². The van der Waals surface area contributed by atoms with E-state index >= 15 is 0 Å². The molecule has 60 valence electrons. The van der Waals surface area contributed by atoms with Crippen molar-refractivity contribution in [1.82, 2.24) is 4.57 Å². The van der Waals surface area contributed by atoms with E-state index in [0.717, 1.165) is 5.56 Å². The van der Waals surface area contributed by atoms with Crippen LogP contribution in [0.25, 0.3) is 0 Å². The van der Waals surface area contributed by atoms with Gasteiger partial charge in [-0.3, -0.25) is 4.79 Å². The third kappa shape index (κ3) is 1.27. The fourth-order valence-electron chi connectivity index (χ4n) is 0.944. The monoisotopic (exact) mass is 153 g/mol. The number of pyridine rings is 1. The number of nitrogens with zero attached hydrogens (tertiary/aromatic N) is 1. The van der Waals surface area contributed by atoms with E-state index in [0.29, 0.717) is 5.75 Å². The molecule has 0 unspecified atom stereocenters. The molecule has 0 fully saturated rings. The summed E-state index contributed by atoms with van der Waals surface area (Å²) in [5, 5.41) is 0. The van der Waals surface area contributed by atoms with Crippen molar-refractivity contribution >= 4 is 0 Å². The first-order chi connectivity index (χ1) is 5.16. The van der Waals surface area contributed by atoms with E-state index in [1.54, 1.807) is 13.2 Å². The Balaban J connectivity index is 3.41. The minimum Gasteiger partial charge on any atom is -0.491 e. The molecule has 0 radical (unpaired) electrons. The summed E-state index contributed by atoms with van der Waals surface area (Å²) in [5.74, 6) is 0.426. The quantitative estimate of drug-likeness (QED) is 0.594. The molecule has 0 N–H and O–H groups in total. The molecule has 0 saturated heterocycles. The molecule has 11 heavy (non-hydrogen) atoms. The number of aromatic nitrogens is 1. The Morgan fingerprint density at radius 1 is 1.55 bits per heavy atom. The lowest BCUT2D eigenvalue weighted by Gasteiger charge is -2.04. The Morgan fingerprint density at radius 2 is 2.18 bits per heavy atom. The molecule has 1 aromatic rings. The van der Waals surface area contributed by atoms with Gasteiger partial charge in [-0.05, 0) is 18.6 Å². The smallest absolute Gasteiger partial charge is 0.292 e. The summed E-state index contributed by atoms with van der Waals surface area (Å²) >= 11 is 0. The molecular weight excluding hydrogens is 142 g/mol. The van der Waals surface area contributed by atoms with Crippen LogP contribution in [0.1, 0.15) is 5.56 Å². The largest absolute Gasteiger partial charge is 0.491 e. The van der Waals surface area contributed by atoms with Gasteiger partial charge in [0.1, 0.15) is 0 Å². The van der Waals surface area contributed by atoms with Crippen LogP contribution in [-0.2, 0) is 7.05 Å². The number of ether oxygens (including phenoxy) is 1. The Labute approximate surface area is 65.2 Å². The second-order valence-corrected chi connectivity index (χ2v) is 2.45. The van der Waals surface area contributed by atoms with E-state index in [2.05, 4.69) is 0 Å². The summed E-state index contributed by atoms with van der Waals surface area (Å²) in [5.41, 5.74) is 0.781. The molecule has 3 heteroatoms. The van der Waals surface area contributed by atoms with E-state index in [1.807, 2.05) is 13.0 Å². The maximum atomic E-state index is 11.3. The highest BCUT2D eigenvalue weighted by Gasteiger charge is 2.03. The third-order valence-corrected chi connectivity index (χ3v) is 1.63. The molecule has 0 aliphatic heterocycles. The number of methoxy groups -OCH3 is 1. The molecule has 0 aromatic carbocycles. The Bertz CT molecular complexity index is 314. The van der Waals surface area contributed by atoms with Crippen molar-refractivity contribution in [2.75, 3.05) is 7.11 Å². The molecule has 3 nitrogen and oxygen atoms in total. The molecule has 1 aromatic heterocycles. The van der Waals surface area contributed by atoms with Gasteiger partial charge in [0, 0.05) is 13.2 Å². The summed E-state index contributed by atoms with van der Waals surface area (Å²) < 4.78 is 6.42. The van der Waals surface area contributed by atoms with Crippen LogP contribution in [-0.4, -0.2) is 11.7 Å². The molecule has 0 amide bonds. The second kappa shape index (κ2) is 2.78. The topological polar surface area (TPSA) is 31.2 Å². The first-order valence-corrected chi connectivity index (χ1v) is 3.37. The zero-order valence-electron chi connectivity index (χ0n) is 6.92. The summed E-state index contributed by atoms with van der Waals surface area (Å²) in [6, 6.07) is 1.85. The lowest BCUT2D eigenvalue weighted by atomic mass is 10.3. The standard InChI is InChI=1S/C8H11NO2/c1-6-4-5-9(2)8(10)7(6)11-3/h4-5H,1-3H3. The van der Waals surface area contributed by atoms with Crippen LogP contribution < -0.4 is 10.3 Å². The lowest BCUT2D eigenvalue weighted by molar-refractivity contribution is 0.401. The zero-order valence-corrected chi connectivity index (χ0v) is 6.92. The van der Waals surface area contributed by atoms with Crippen LogP contribution in [0.4, 0.5) is 0 Å². The van der Waals surface area contributed by atoms with Crippen LogP contribution in [0.5, 0.6) is 5.75 Å². The molecule has 0 aliphatic carbocycles. The van der Waals surface area contributed by atoms with Gasteiger partial charge in [0.15, 0.2) is 5.75 Å². The van der Waals surface area contributed by atoms with E-state index in [4.69, 9.17) is 4.74 Å². The molecule has 0 spiro atoms. The number of hydrogen-bond acceptors (Lipinski definition) is 2. The van der Waals surface area contributed by atoms with Crippen LogP contribution in [0.3, 0.4) is 0 Å². The van der Waals surface area contributed by atoms with Gasteiger partial charge in [-0.25, -0.2) is 0 Å². The number of aryl methyl sites for hydroxylation is 2.